The maximum atomic E-state index is 14.3. The highest BCUT2D eigenvalue weighted by atomic mass is 35.5. The molecule has 0 spiro atoms. The number of aryl methyl sites for hydroxylation is 2. The van der Waals surface area contributed by atoms with Gasteiger partial charge in [-0.15, -0.1) is 0 Å². The zero-order chi connectivity index (χ0) is 28.1. The molecule has 0 radical (unpaired) electrons. The molecule has 3 amide bonds. The molecule has 1 N–H and O–H groups in total. The fourth-order valence-corrected chi connectivity index (χ4v) is 6.62. The van der Waals surface area contributed by atoms with E-state index in [1.807, 2.05) is 40.8 Å². The van der Waals surface area contributed by atoms with E-state index in [1.54, 1.807) is 4.90 Å². The molecule has 2 aromatic heterocycles. The fraction of sp³-hybridized carbons (Fsp3) is 0.419. The van der Waals surface area contributed by atoms with Crippen LogP contribution in [-0.4, -0.2) is 62.7 Å². The number of amides is 3. The van der Waals surface area contributed by atoms with Crippen LogP contribution >= 0.6 is 11.6 Å². The van der Waals surface area contributed by atoms with Gasteiger partial charge in [-0.2, -0.15) is 0 Å². The Morgan fingerprint density at radius 1 is 1.20 bits per heavy atom. The lowest BCUT2D eigenvalue weighted by molar-refractivity contribution is -0.133. The summed E-state index contributed by atoms with van der Waals surface area (Å²) in [7, 11) is 0. The average Bonchev–Trinajstić information content (AvgIpc) is 3.71. The number of halogens is 1. The van der Waals surface area contributed by atoms with Crippen molar-refractivity contribution in [3.8, 4) is 0 Å². The van der Waals surface area contributed by atoms with Crippen LogP contribution in [0.3, 0.4) is 0 Å². The minimum Gasteiger partial charge on any atom is -0.348 e. The second-order valence-electron chi connectivity index (χ2n) is 11.2. The van der Waals surface area contributed by atoms with Crippen LogP contribution < -0.4 is 5.32 Å². The van der Waals surface area contributed by atoms with Gasteiger partial charge in [0.05, 0.1) is 17.1 Å². The van der Waals surface area contributed by atoms with E-state index in [9.17, 15) is 14.4 Å². The number of benzene rings is 1. The summed E-state index contributed by atoms with van der Waals surface area (Å²) in [5.74, 6) is -0.0362. The molecule has 0 unspecified atom stereocenters. The first-order valence-electron chi connectivity index (χ1n) is 14.1. The first-order chi connectivity index (χ1) is 19.3. The van der Waals surface area contributed by atoms with Gasteiger partial charge in [0, 0.05) is 60.1 Å². The lowest BCUT2D eigenvalue weighted by atomic mass is 9.96. The lowest BCUT2D eigenvalue weighted by Gasteiger charge is -2.39. The Bertz CT molecular complexity index is 1550. The van der Waals surface area contributed by atoms with Gasteiger partial charge < -0.3 is 19.7 Å². The molecule has 1 aliphatic carbocycles. The monoisotopic (exact) mass is 559 g/mol. The molecular weight excluding hydrogens is 526 g/mol. The number of aromatic nitrogens is 2. The number of pyridine rings is 1. The molecule has 6 rings (SSSR count). The molecule has 9 heteroatoms. The number of rotatable bonds is 7. The average molecular weight is 560 g/mol. The predicted octanol–water partition coefficient (Wildman–Crippen LogP) is 4.15. The standard InChI is InChI=1S/C31H34ClN5O3/c1-4-25-23-9-11-35(14-20(23)8-10-33-25)31(40)28-24-13-21(32)12-18(3)29(24)37(30(28)19-6-7-19)17-26(38)34-22-15-36(16-22)27(39)5-2/h5,8,10,12-13,19,22H,2,4,6-7,9,11,14-17H2,1,3H3,(H,34,38). The number of likely N-dealkylation sites (tertiary alicyclic amines) is 1. The normalized spacial score (nSPS) is 17.0. The second kappa shape index (κ2) is 10.4. The van der Waals surface area contributed by atoms with Gasteiger partial charge in [0.1, 0.15) is 6.54 Å². The Morgan fingerprint density at radius 2 is 1.98 bits per heavy atom. The van der Waals surface area contributed by atoms with Crippen LogP contribution in [0.2, 0.25) is 5.02 Å². The van der Waals surface area contributed by atoms with Crippen LogP contribution in [-0.2, 0) is 35.5 Å². The van der Waals surface area contributed by atoms with E-state index in [2.05, 4.69) is 23.8 Å². The Morgan fingerprint density at radius 3 is 2.67 bits per heavy atom. The van der Waals surface area contributed by atoms with E-state index in [1.165, 1.54) is 11.6 Å². The van der Waals surface area contributed by atoms with Crippen molar-refractivity contribution in [1.82, 2.24) is 24.7 Å². The van der Waals surface area contributed by atoms with Crippen LogP contribution in [0.15, 0.2) is 37.1 Å². The highest BCUT2D eigenvalue weighted by molar-refractivity contribution is 6.31. The third-order valence-electron chi connectivity index (χ3n) is 8.42. The van der Waals surface area contributed by atoms with Crippen LogP contribution in [0.1, 0.15) is 64.1 Å². The Balaban J connectivity index is 1.34. The van der Waals surface area contributed by atoms with Gasteiger partial charge in [-0.25, -0.2) is 0 Å². The SMILES string of the molecule is C=CC(=O)N1CC(NC(=O)Cn2c(C3CC3)c(C(=O)N3CCc4c(ccnc4CC)C3)c3cc(Cl)cc(C)c32)C1. The van der Waals surface area contributed by atoms with E-state index < -0.39 is 0 Å². The number of fused-ring (bicyclic) bond motifs is 2. The summed E-state index contributed by atoms with van der Waals surface area (Å²) in [6.07, 6.45) is 6.76. The number of hydrogen-bond donors (Lipinski definition) is 1. The van der Waals surface area contributed by atoms with Crippen LogP contribution in [0, 0.1) is 6.92 Å². The Kier molecular flexibility index (Phi) is 6.90. The van der Waals surface area contributed by atoms with Gasteiger partial charge in [-0.3, -0.25) is 19.4 Å². The third-order valence-corrected chi connectivity index (χ3v) is 8.64. The first kappa shape index (κ1) is 26.6. The van der Waals surface area contributed by atoms with Gasteiger partial charge in [0.15, 0.2) is 0 Å². The lowest BCUT2D eigenvalue weighted by Crippen LogP contribution is -2.61. The maximum Gasteiger partial charge on any atom is 0.256 e. The number of nitrogens with one attached hydrogen (secondary N) is 1. The molecule has 4 heterocycles. The minimum atomic E-state index is -0.130. The third kappa shape index (κ3) is 4.68. The molecule has 1 aromatic carbocycles. The Hall–Kier alpha value is -3.65. The molecule has 2 fully saturated rings. The summed E-state index contributed by atoms with van der Waals surface area (Å²) in [6, 6.07) is 5.70. The molecule has 2 aliphatic heterocycles. The smallest absolute Gasteiger partial charge is 0.256 e. The summed E-state index contributed by atoms with van der Waals surface area (Å²) >= 11 is 6.54. The summed E-state index contributed by atoms with van der Waals surface area (Å²) < 4.78 is 2.05. The summed E-state index contributed by atoms with van der Waals surface area (Å²) in [5, 5.41) is 4.45. The summed E-state index contributed by atoms with van der Waals surface area (Å²) in [5.41, 5.74) is 6.96. The number of carbonyl (C=O) groups excluding carboxylic acids is 3. The summed E-state index contributed by atoms with van der Waals surface area (Å²) in [6.45, 7) is 9.85. The molecule has 40 heavy (non-hydrogen) atoms. The van der Waals surface area contributed by atoms with Gasteiger partial charge in [0.25, 0.3) is 5.91 Å². The van der Waals surface area contributed by atoms with E-state index in [0.29, 0.717) is 36.8 Å². The molecule has 0 atom stereocenters. The van der Waals surface area contributed by atoms with E-state index in [0.717, 1.165) is 59.1 Å². The van der Waals surface area contributed by atoms with Gasteiger partial charge in [-0.05, 0) is 73.6 Å². The summed E-state index contributed by atoms with van der Waals surface area (Å²) in [4.78, 5) is 47.5. The molecule has 1 saturated carbocycles. The van der Waals surface area contributed by atoms with Crippen molar-refractivity contribution in [1.29, 1.82) is 0 Å². The van der Waals surface area contributed by atoms with Gasteiger partial charge in [0.2, 0.25) is 11.8 Å². The minimum absolute atomic E-state index is 0.00851. The van der Waals surface area contributed by atoms with E-state index >= 15 is 0 Å². The quantitative estimate of drug-likeness (QED) is 0.441. The maximum absolute atomic E-state index is 14.3. The van der Waals surface area contributed by atoms with Gasteiger partial charge >= 0.3 is 0 Å². The molecule has 208 valence electrons. The molecule has 3 aliphatic rings. The molecule has 8 nitrogen and oxygen atoms in total. The van der Waals surface area contributed by atoms with Crippen LogP contribution in [0.25, 0.3) is 10.9 Å². The largest absolute Gasteiger partial charge is 0.348 e. The first-order valence-corrected chi connectivity index (χ1v) is 14.4. The van der Waals surface area contributed by atoms with E-state index in [4.69, 9.17) is 11.6 Å². The van der Waals surface area contributed by atoms with Crippen molar-refractivity contribution in [2.45, 2.75) is 64.6 Å². The molecule has 0 bridgehead atoms. The van der Waals surface area contributed by atoms with Crippen molar-refractivity contribution < 1.29 is 14.4 Å². The highest BCUT2D eigenvalue weighted by Crippen LogP contribution is 2.46. The fourth-order valence-electron chi connectivity index (χ4n) is 6.35. The van der Waals surface area contributed by atoms with Crippen molar-refractivity contribution >= 4 is 40.2 Å². The topological polar surface area (TPSA) is 87.5 Å². The molecule has 1 saturated heterocycles. The van der Waals surface area contributed by atoms with Crippen molar-refractivity contribution in [3.63, 3.8) is 0 Å². The van der Waals surface area contributed by atoms with Crippen molar-refractivity contribution in [2.75, 3.05) is 19.6 Å². The van der Waals surface area contributed by atoms with E-state index in [-0.39, 0.29) is 36.2 Å². The van der Waals surface area contributed by atoms with Gasteiger partial charge in [-0.1, -0.05) is 25.1 Å². The van der Waals surface area contributed by atoms with Crippen LogP contribution in [0.4, 0.5) is 0 Å². The van der Waals surface area contributed by atoms with Crippen molar-refractivity contribution in [3.05, 3.63) is 75.7 Å². The molecular formula is C31H34ClN5O3. The Labute approximate surface area is 239 Å². The highest BCUT2D eigenvalue weighted by Gasteiger charge is 2.38. The number of hydrogen-bond acceptors (Lipinski definition) is 4. The zero-order valence-electron chi connectivity index (χ0n) is 23.0. The predicted molar refractivity (Wildman–Crippen MR) is 154 cm³/mol. The molecule has 3 aromatic rings. The number of carbonyl (C=O) groups is 3. The van der Waals surface area contributed by atoms with Crippen molar-refractivity contribution in [2.24, 2.45) is 0 Å². The second-order valence-corrected chi connectivity index (χ2v) is 11.6. The number of nitrogens with zero attached hydrogens (tertiary/aromatic N) is 4. The van der Waals surface area contributed by atoms with Crippen LogP contribution in [0.5, 0.6) is 0 Å². The zero-order valence-corrected chi connectivity index (χ0v) is 23.8.